The van der Waals surface area contributed by atoms with Crippen molar-refractivity contribution in [3.63, 3.8) is 0 Å². The first kappa shape index (κ1) is 27.3. The van der Waals surface area contributed by atoms with E-state index in [0.717, 1.165) is 17.7 Å². The van der Waals surface area contributed by atoms with Crippen molar-refractivity contribution in [2.45, 2.75) is 45.7 Å². The number of aliphatic imine (C=N–C) groups is 1. The van der Waals surface area contributed by atoms with Crippen LogP contribution in [0.4, 0.5) is 0 Å². The molecule has 8 nitrogen and oxygen atoms in total. The third-order valence-corrected chi connectivity index (χ3v) is 7.33. The highest BCUT2D eigenvalue weighted by atomic mass is 32.2. The maximum atomic E-state index is 13.7. The summed E-state index contributed by atoms with van der Waals surface area (Å²) in [6.45, 7) is 5.98. The van der Waals surface area contributed by atoms with E-state index < -0.39 is 12.0 Å². The van der Waals surface area contributed by atoms with Crippen LogP contribution in [-0.4, -0.2) is 48.8 Å². The monoisotopic (exact) mass is 535 g/mol. The molecular formula is C29H33N3O5S. The van der Waals surface area contributed by atoms with Crippen molar-refractivity contribution in [2.24, 2.45) is 4.99 Å². The molecule has 2 aliphatic rings. The lowest BCUT2D eigenvalue weighted by Gasteiger charge is -2.37. The Morgan fingerprint density at radius 2 is 1.84 bits per heavy atom. The van der Waals surface area contributed by atoms with E-state index in [-0.39, 0.29) is 25.0 Å². The molecule has 0 unspecified atom stereocenters. The largest absolute Gasteiger partial charge is 0.493 e. The number of methoxy groups -OCH3 is 2. The molecule has 0 saturated heterocycles. The van der Waals surface area contributed by atoms with E-state index in [9.17, 15) is 9.59 Å². The first-order valence-corrected chi connectivity index (χ1v) is 13.5. The van der Waals surface area contributed by atoms with Crippen molar-refractivity contribution >= 4 is 34.5 Å². The second-order valence-corrected chi connectivity index (χ2v) is 9.72. The smallest absolute Gasteiger partial charge is 0.338 e. The fourth-order valence-electron chi connectivity index (χ4n) is 4.50. The number of thioether (sulfide) groups is 1. The fraction of sp³-hybridized carbons (Fsp3) is 0.345. The molecule has 2 aromatic carbocycles. The molecule has 0 saturated carbocycles. The summed E-state index contributed by atoms with van der Waals surface area (Å²) in [4.78, 5) is 33.5. The van der Waals surface area contributed by atoms with Crippen LogP contribution in [0.1, 0.15) is 50.8 Å². The molecule has 2 atom stereocenters. The highest BCUT2D eigenvalue weighted by Crippen LogP contribution is 2.50. The summed E-state index contributed by atoms with van der Waals surface area (Å²) in [5, 5.41) is 5.62. The van der Waals surface area contributed by atoms with Gasteiger partial charge in [0.05, 0.1) is 44.6 Å². The second-order valence-electron chi connectivity index (χ2n) is 8.88. The molecule has 0 aromatic heterocycles. The Morgan fingerprint density at radius 1 is 1.08 bits per heavy atom. The molecule has 2 heterocycles. The summed E-state index contributed by atoms with van der Waals surface area (Å²) in [5.41, 5.74) is 3.11. The van der Waals surface area contributed by atoms with Gasteiger partial charge >= 0.3 is 5.97 Å². The molecule has 2 aliphatic heterocycles. The van der Waals surface area contributed by atoms with E-state index >= 15 is 0 Å². The number of rotatable bonds is 10. The Kier molecular flexibility index (Phi) is 8.78. The molecule has 9 heteroatoms. The average molecular weight is 536 g/mol. The van der Waals surface area contributed by atoms with E-state index in [1.807, 2.05) is 66.6 Å². The number of nitrogens with zero attached hydrogens (tertiary/aromatic N) is 2. The summed E-state index contributed by atoms with van der Waals surface area (Å²) in [5.74, 6) is 0.449. The van der Waals surface area contributed by atoms with Gasteiger partial charge < -0.3 is 24.4 Å². The number of esters is 1. The summed E-state index contributed by atoms with van der Waals surface area (Å²) in [6.07, 6.45) is 0.964. The van der Waals surface area contributed by atoms with E-state index in [0.29, 0.717) is 33.5 Å². The lowest BCUT2D eigenvalue weighted by atomic mass is 9.90. The van der Waals surface area contributed by atoms with Gasteiger partial charge in [0, 0.05) is 22.9 Å². The number of amidine groups is 1. The minimum Gasteiger partial charge on any atom is -0.493 e. The van der Waals surface area contributed by atoms with Crippen molar-refractivity contribution in [1.29, 1.82) is 0 Å². The maximum absolute atomic E-state index is 13.7. The molecule has 4 rings (SSSR count). The van der Waals surface area contributed by atoms with Crippen LogP contribution in [-0.2, 0) is 14.3 Å². The number of hydrogen-bond donors (Lipinski definition) is 1. The molecule has 1 amide bonds. The second kappa shape index (κ2) is 12.2. The van der Waals surface area contributed by atoms with Crippen molar-refractivity contribution in [3.05, 3.63) is 76.3 Å². The number of hydrogen-bond acceptors (Lipinski definition) is 8. The Balaban J connectivity index is 1.92. The van der Waals surface area contributed by atoms with E-state index in [4.69, 9.17) is 19.2 Å². The number of carbonyl (C=O) groups excluding carboxylic acids is 2. The van der Waals surface area contributed by atoms with Gasteiger partial charge in [0.1, 0.15) is 0 Å². The standard InChI is InChI=1S/C29H33N3O5S/c1-6-18(3)30-23(33)16-20-17-38-29-31-25(19-12-9-8-10-13-19)24(28(34)37-7-2)26(32(20)29)21-14-11-15-22(35-4)27(21)36-5/h8-15,17-18,26H,6-7,16H2,1-5H3,(H,30,33)/t18-,26+/m0/s1. The van der Waals surface area contributed by atoms with Crippen LogP contribution in [0, 0.1) is 0 Å². The van der Waals surface area contributed by atoms with Crippen molar-refractivity contribution in [1.82, 2.24) is 10.2 Å². The topological polar surface area (TPSA) is 89.5 Å². The molecule has 200 valence electrons. The zero-order chi connectivity index (χ0) is 27.2. The van der Waals surface area contributed by atoms with Crippen molar-refractivity contribution in [3.8, 4) is 11.5 Å². The van der Waals surface area contributed by atoms with Crippen LogP contribution in [0.3, 0.4) is 0 Å². The highest BCUT2D eigenvalue weighted by Gasteiger charge is 2.43. The minimum atomic E-state index is -0.667. The number of para-hydroxylation sites is 1. The lowest BCUT2D eigenvalue weighted by molar-refractivity contribution is -0.139. The van der Waals surface area contributed by atoms with Crippen LogP contribution in [0.25, 0.3) is 5.70 Å². The highest BCUT2D eigenvalue weighted by molar-refractivity contribution is 8.16. The van der Waals surface area contributed by atoms with E-state index in [1.165, 1.54) is 11.8 Å². The maximum Gasteiger partial charge on any atom is 0.338 e. The summed E-state index contributed by atoms with van der Waals surface area (Å²) in [7, 11) is 3.14. The van der Waals surface area contributed by atoms with Crippen molar-refractivity contribution < 1.29 is 23.8 Å². The third-order valence-electron chi connectivity index (χ3n) is 6.44. The van der Waals surface area contributed by atoms with Crippen LogP contribution < -0.4 is 14.8 Å². The van der Waals surface area contributed by atoms with Crippen LogP contribution in [0.15, 0.2) is 70.2 Å². The van der Waals surface area contributed by atoms with E-state index in [1.54, 1.807) is 27.2 Å². The number of nitrogens with one attached hydrogen (secondary N) is 1. The summed E-state index contributed by atoms with van der Waals surface area (Å²) < 4.78 is 17.0. The summed E-state index contributed by atoms with van der Waals surface area (Å²) in [6, 6.07) is 14.5. The first-order chi connectivity index (χ1) is 18.4. The molecule has 0 fully saturated rings. The average Bonchev–Trinajstić information content (AvgIpc) is 3.33. The molecule has 2 aromatic rings. The predicted molar refractivity (Wildman–Crippen MR) is 150 cm³/mol. The minimum absolute atomic E-state index is 0.0561. The van der Waals surface area contributed by atoms with Gasteiger partial charge in [0.15, 0.2) is 16.7 Å². The van der Waals surface area contributed by atoms with Crippen LogP contribution in [0.2, 0.25) is 0 Å². The Morgan fingerprint density at radius 3 is 2.50 bits per heavy atom. The summed E-state index contributed by atoms with van der Waals surface area (Å²) >= 11 is 1.42. The van der Waals surface area contributed by atoms with Gasteiger partial charge in [-0.05, 0) is 31.7 Å². The molecule has 0 radical (unpaired) electrons. The number of ether oxygens (including phenoxy) is 3. The molecule has 0 spiro atoms. The normalized spacial score (nSPS) is 17.3. The quantitative estimate of drug-likeness (QED) is 0.414. The number of benzene rings is 2. The van der Waals surface area contributed by atoms with E-state index in [2.05, 4.69) is 5.32 Å². The Hall–Kier alpha value is -3.72. The van der Waals surface area contributed by atoms with Crippen molar-refractivity contribution in [2.75, 3.05) is 20.8 Å². The Bertz CT molecular complexity index is 1290. The first-order valence-electron chi connectivity index (χ1n) is 12.6. The molecule has 1 N–H and O–H groups in total. The van der Waals surface area contributed by atoms with Gasteiger partial charge in [-0.1, -0.05) is 61.2 Å². The lowest BCUT2D eigenvalue weighted by Crippen LogP contribution is -2.39. The molecule has 0 aliphatic carbocycles. The number of amides is 1. The zero-order valence-corrected chi connectivity index (χ0v) is 23.1. The molecular weight excluding hydrogens is 502 g/mol. The van der Waals surface area contributed by atoms with Gasteiger partial charge in [-0.3, -0.25) is 4.79 Å². The molecule has 38 heavy (non-hydrogen) atoms. The predicted octanol–water partition coefficient (Wildman–Crippen LogP) is 5.28. The third kappa shape index (κ3) is 5.43. The van der Waals surface area contributed by atoms with Gasteiger partial charge in [0.25, 0.3) is 0 Å². The zero-order valence-electron chi connectivity index (χ0n) is 22.3. The van der Waals surface area contributed by atoms with Gasteiger partial charge in [-0.15, -0.1) is 0 Å². The number of carbonyl (C=O) groups is 2. The molecule has 0 bridgehead atoms. The Labute approximate surface area is 227 Å². The van der Waals surface area contributed by atoms with Crippen LogP contribution >= 0.6 is 11.8 Å². The van der Waals surface area contributed by atoms with Crippen LogP contribution in [0.5, 0.6) is 11.5 Å². The number of fused-ring (bicyclic) bond motifs is 1. The van der Waals surface area contributed by atoms with Gasteiger partial charge in [0.2, 0.25) is 5.91 Å². The van der Waals surface area contributed by atoms with Gasteiger partial charge in [-0.2, -0.15) is 0 Å². The SMILES string of the molecule is CCOC(=O)C1=C(c2ccccc2)N=C2SC=C(CC(=O)N[C@@H](C)CC)N2[C@@H]1c1cccc(OC)c1OC. The van der Waals surface area contributed by atoms with Gasteiger partial charge in [-0.25, -0.2) is 9.79 Å². The fourth-order valence-corrected chi connectivity index (χ4v) is 5.42.